The highest BCUT2D eigenvalue weighted by molar-refractivity contribution is 5.96. The molecule has 0 fully saturated rings. The molecule has 3 nitrogen and oxygen atoms in total. The van der Waals surface area contributed by atoms with Gasteiger partial charge in [-0.2, -0.15) is 0 Å². The molecule has 0 spiro atoms. The number of rotatable bonds is 3. The lowest BCUT2D eigenvalue weighted by molar-refractivity contribution is 0.245. The van der Waals surface area contributed by atoms with Crippen molar-refractivity contribution in [3.8, 4) is 5.75 Å². The lowest BCUT2D eigenvalue weighted by Gasteiger charge is -2.19. The molecule has 0 bridgehead atoms. The van der Waals surface area contributed by atoms with Gasteiger partial charge in [-0.05, 0) is 37.0 Å². The maximum absolute atomic E-state index is 5.98. The molecular weight excluding hydrogens is 236 g/mol. The smallest absolute Gasteiger partial charge is 0.127 e. The van der Waals surface area contributed by atoms with Gasteiger partial charge in [-0.15, -0.1) is 0 Å². The highest BCUT2D eigenvalue weighted by atomic mass is 16.5. The fourth-order valence-electron chi connectivity index (χ4n) is 1.93. The molecule has 102 valence electrons. The van der Waals surface area contributed by atoms with Gasteiger partial charge in [0.15, 0.2) is 0 Å². The maximum Gasteiger partial charge on any atom is 0.127 e. The van der Waals surface area contributed by atoms with Crippen molar-refractivity contribution in [3.63, 3.8) is 0 Å². The Morgan fingerprint density at radius 3 is 2.63 bits per heavy atom. The molecule has 3 heteroatoms. The van der Waals surface area contributed by atoms with Crippen LogP contribution in [0.25, 0.3) is 10.8 Å². The van der Waals surface area contributed by atoms with Crippen molar-refractivity contribution in [1.29, 1.82) is 0 Å². The van der Waals surface area contributed by atoms with Gasteiger partial charge < -0.3 is 10.5 Å². The Bertz CT molecular complexity index is 585. The average Bonchev–Trinajstić information content (AvgIpc) is 2.30. The Balaban J connectivity index is 2.28. The SMILES string of the molecule is Cc1cc2c(OCCC(C)(C)C)ccc(N)c2cn1. The summed E-state index contributed by atoms with van der Waals surface area (Å²) in [6.07, 6.45) is 2.83. The molecule has 0 atom stereocenters. The highest BCUT2D eigenvalue weighted by Crippen LogP contribution is 2.30. The van der Waals surface area contributed by atoms with Crippen LogP contribution in [0.15, 0.2) is 24.4 Å². The van der Waals surface area contributed by atoms with E-state index in [1.165, 1.54) is 0 Å². The zero-order valence-electron chi connectivity index (χ0n) is 12.2. The van der Waals surface area contributed by atoms with Gasteiger partial charge in [-0.1, -0.05) is 20.8 Å². The molecule has 0 saturated heterocycles. The normalized spacial score (nSPS) is 11.8. The van der Waals surface area contributed by atoms with Crippen LogP contribution in [0.1, 0.15) is 32.9 Å². The average molecular weight is 258 g/mol. The van der Waals surface area contributed by atoms with Gasteiger partial charge in [0.1, 0.15) is 5.75 Å². The molecule has 0 saturated carbocycles. The first-order valence-corrected chi connectivity index (χ1v) is 6.64. The molecule has 0 aliphatic rings. The van der Waals surface area contributed by atoms with Gasteiger partial charge >= 0.3 is 0 Å². The second-order valence-electron chi connectivity index (χ2n) is 6.18. The molecule has 19 heavy (non-hydrogen) atoms. The number of fused-ring (bicyclic) bond motifs is 1. The number of aromatic nitrogens is 1. The molecule has 2 N–H and O–H groups in total. The minimum Gasteiger partial charge on any atom is -0.493 e. The number of hydrogen-bond donors (Lipinski definition) is 1. The second kappa shape index (κ2) is 5.08. The predicted molar refractivity (Wildman–Crippen MR) is 80.5 cm³/mol. The fraction of sp³-hybridized carbons (Fsp3) is 0.438. The van der Waals surface area contributed by atoms with Crippen LogP contribution in [0.3, 0.4) is 0 Å². The van der Waals surface area contributed by atoms with Gasteiger partial charge in [0.25, 0.3) is 0 Å². The first-order valence-electron chi connectivity index (χ1n) is 6.64. The topological polar surface area (TPSA) is 48.1 Å². The zero-order valence-corrected chi connectivity index (χ0v) is 12.2. The minimum absolute atomic E-state index is 0.279. The van der Waals surface area contributed by atoms with Crippen molar-refractivity contribution in [3.05, 3.63) is 30.1 Å². The van der Waals surface area contributed by atoms with Gasteiger partial charge in [-0.25, -0.2) is 0 Å². The number of nitrogens with zero attached hydrogens (tertiary/aromatic N) is 1. The third-order valence-electron chi connectivity index (χ3n) is 3.14. The van der Waals surface area contributed by atoms with E-state index in [2.05, 4.69) is 25.8 Å². The number of benzene rings is 1. The summed E-state index contributed by atoms with van der Waals surface area (Å²) >= 11 is 0. The van der Waals surface area contributed by atoms with E-state index in [0.717, 1.165) is 34.3 Å². The van der Waals surface area contributed by atoms with Crippen LogP contribution in [0.2, 0.25) is 0 Å². The summed E-state index contributed by atoms with van der Waals surface area (Å²) in [6, 6.07) is 5.85. The van der Waals surface area contributed by atoms with E-state index in [0.29, 0.717) is 6.61 Å². The number of nitrogen functional groups attached to an aromatic ring is 1. The van der Waals surface area contributed by atoms with E-state index < -0.39 is 0 Å². The van der Waals surface area contributed by atoms with Gasteiger partial charge in [-0.3, -0.25) is 4.98 Å². The van der Waals surface area contributed by atoms with Gasteiger partial charge in [0.2, 0.25) is 0 Å². The minimum atomic E-state index is 0.279. The molecule has 0 radical (unpaired) electrons. The summed E-state index contributed by atoms with van der Waals surface area (Å²) in [5.74, 6) is 0.888. The van der Waals surface area contributed by atoms with Gasteiger partial charge in [0.05, 0.1) is 6.61 Å². The summed E-state index contributed by atoms with van der Waals surface area (Å²) < 4.78 is 5.92. The van der Waals surface area contributed by atoms with Crippen molar-refractivity contribution < 1.29 is 4.74 Å². The molecule has 0 aliphatic carbocycles. The van der Waals surface area contributed by atoms with E-state index in [1.54, 1.807) is 0 Å². The Hall–Kier alpha value is -1.77. The largest absolute Gasteiger partial charge is 0.493 e. The molecule has 1 aromatic carbocycles. The maximum atomic E-state index is 5.98. The van der Waals surface area contributed by atoms with E-state index in [1.807, 2.05) is 31.3 Å². The lowest BCUT2D eigenvalue weighted by Crippen LogP contribution is -2.11. The summed E-state index contributed by atoms with van der Waals surface area (Å²) in [4.78, 5) is 4.29. The summed E-state index contributed by atoms with van der Waals surface area (Å²) in [5.41, 5.74) is 7.97. The molecule has 2 rings (SSSR count). The number of pyridine rings is 1. The standard InChI is InChI=1S/C16H22N2O/c1-11-9-12-13(10-18-11)14(17)5-6-15(12)19-8-7-16(2,3)4/h5-6,9-10H,7-8,17H2,1-4H3. The molecule has 0 amide bonds. The van der Waals surface area contributed by atoms with Crippen LogP contribution in [0, 0.1) is 12.3 Å². The Morgan fingerprint density at radius 1 is 1.21 bits per heavy atom. The van der Waals surface area contributed by atoms with Crippen LogP contribution in [0.4, 0.5) is 5.69 Å². The Kier molecular flexibility index (Phi) is 3.65. The van der Waals surface area contributed by atoms with Crippen LogP contribution in [0.5, 0.6) is 5.75 Å². The van der Waals surface area contributed by atoms with Crippen molar-refractivity contribution >= 4 is 16.5 Å². The number of ether oxygens (including phenoxy) is 1. The number of nitrogens with two attached hydrogens (primary N) is 1. The third kappa shape index (κ3) is 3.37. The quantitative estimate of drug-likeness (QED) is 0.848. The Morgan fingerprint density at radius 2 is 1.95 bits per heavy atom. The molecular formula is C16H22N2O. The summed E-state index contributed by atoms with van der Waals surface area (Å²) in [6.45, 7) is 9.33. The van der Waals surface area contributed by atoms with Crippen molar-refractivity contribution in [2.45, 2.75) is 34.1 Å². The number of aryl methyl sites for hydroxylation is 1. The second-order valence-corrected chi connectivity index (χ2v) is 6.18. The third-order valence-corrected chi connectivity index (χ3v) is 3.14. The van der Waals surface area contributed by atoms with Crippen molar-refractivity contribution in [2.24, 2.45) is 5.41 Å². The fourth-order valence-corrected chi connectivity index (χ4v) is 1.93. The monoisotopic (exact) mass is 258 g/mol. The zero-order chi connectivity index (χ0) is 14.0. The van der Waals surface area contributed by atoms with E-state index in [-0.39, 0.29) is 5.41 Å². The number of hydrogen-bond acceptors (Lipinski definition) is 3. The van der Waals surface area contributed by atoms with E-state index in [9.17, 15) is 0 Å². The molecule has 1 aromatic heterocycles. The van der Waals surface area contributed by atoms with Crippen molar-refractivity contribution in [1.82, 2.24) is 4.98 Å². The number of anilines is 1. The first-order chi connectivity index (χ1) is 8.87. The lowest BCUT2D eigenvalue weighted by atomic mass is 9.93. The summed E-state index contributed by atoms with van der Waals surface area (Å²) in [7, 11) is 0. The van der Waals surface area contributed by atoms with Crippen molar-refractivity contribution in [2.75, 3.05) is 12.3 Å². The van der Waals surface area contributed by atoms with Crippen LogP contribution in [-0.4, -0.2) is 11.6 Å². The van der Waals surface area contributed by atoms with Crippen LogP contribution in [-0.2, 0) is 0 Å². The first kappa shape index (κ1) is 13.7. The molecule has 1 heterocycles. The molecule has 0 unspecified atom stereocenters. The summed E-state index contributed by atoms with van der Waals surface area (Å²) in [5, 5.41) is 2.00. The van der Waals surface area contributed by atoms with E-state index in [4.69, 9.17) is 10.5 Å². The molecule has 0 aliphatic heterocycles. The predicted octanol–water partition coefficient (Wildman–Crippen LogP) is 3.94. The molecule has 2 aromatic rings. The van der Waals surface area contributed by atoms with Crippen LogP contribution < -0.4 is 10.5 Å². The van der Waals surface area contributed by atoms with E-state index >= 15 is 0 Å². The highest BCUT2D eigenvalue weighted by Gasteiger charge is 2.11. The Labute approximate surface area is 114 Å². The van der Waals surface area contributed by atoms with Gasteiger partial charge in [0, 0.05) is 28.4 Å². The van der Waals surface area contributed by atoms with Crippen LogP contribution >= 0.6 is 0 Å².